The van der Waals surface area contributed by atoms with E-state index in [9.17, 15) is 4.79 Å². The quantitative estimate of drug-likeness (QED) is 0.744. The molecular formula is C19H22N6O2. The number of benzene rings is 1. The standard InChI is InChI=1S/C19H22N6O2/c1-12-20-18(24-23-12)16-8-5-11-25(16)17(26)10-9-15-19(27-2)22-14-7-4-3-6-13(14)21-15/h3-4,6-7,16H,5,8-11H2,1-2H3,(H,20,23,24). The third-order valence-electron chi connectivity index (χ3n) is 4.86. The number of carbonyl (C=O) groups is 1. The highest BCUT2D eigenvalue weighted by Gasteiger charge is 2.32. The maximum atomic E-state index is 12.8. The first kappa shape index (κ1) is 17.4. The van der Waals surface area contributed by atoms with Crippen LogP contribution in [-0.2, 0) is 11.2 Å². The van der Waals surface area contributed by atoms with Crippen LogP contribution in [0.15, 0.2) is 24.3 Å². The van der Waals surface area contributed by atoms with Crippen LogP contribution in [-0.4, -0.2) is 49.6 Å². The van der Waals surface area contributed by atoms with E-state index in [0.29, 0.717) is 30.2 Å². The van der Waals surface area contributed by atoms with E-state index >= 15 is 0 Å². The molecule has 1 atom stereocenters. The Kier molecular flexibility index (Phi) is 4.70. The van der Waals surface area contributed by atoms with E-state index in [4.69, 9.17) is 4.74 Å². The summed E-state index contributed by atoms with van der Waals surface area (Å²) in [4.78, 5) is 28.3. The lowest BCUT2D eigenvalue weighted by Crippen LogP contribution is -2.31. The number of H-pyrrole nitrogens is 1. The zero-order valence-corrected chi connectivity index (χ0v) is 15.5. The van der Waals surface area contributed by atoms with E-state index < -0.39 is 0 Å². The van der Waals surface area contributed by atoms with E-state index in [0.717, 1.165) is 36.2 Å². The van der Waals surface area contributed by atoms with Crippen LogP contribution in [0.1, 0.15) is 42.6 Å². The number of methoxy groups -OCH3 is 1. The Morgan fingerprint density at radius 3 is 2.74 bits per heavy atom. The van der Waals surface area contributed by atoms with Crippen molar-refractivity contribution in [3.63, 3.8) is 0 Å². The van der Waals surface area contributed by atoms with Gasteiger partial charge in [0, 0.05) is 19.4 Å². The smallest absolute Gasteiger partial charge is 0.235 e. The van der Waals surface area contributed by atoms with Crippen molar-refractivity contribution in [3.05, 3.63) is 41.6 Å². The van der Waals surface area contributed by atoms with Crippen LogP contribution in [0.25, 0.3) is 11.0 Å². The van der Waals surface area contributed by atoms with Gasteiger partial charge in [0.15, 0.2) is 5.82 Å². The molecule has 8 nitrogen and oxygen atoms in total. The molecule has 1 unspecified atom stereocenters. The second-order valence-electron chi connectivity index (χ2n) is 6.69. The fourth-order valence-corrected chi connectivity index (χ4v) is 3.56. The molecule has 4 rings (SSSR count). The van der Waals surface area contributed by atoms with E-state index in [-0.39, 0.29) is 11.9 Å². The zero-order valence-electron chi connectivity index (χ0n) is 15.5. The third-order valence-corrected chi connectivity index (χ3v) is 4.86. The number of likely N-dealkylation sites (tertiary alicyclic amines) is 1. The largest absolute Gasteiger partial charge is 0.480 e. The average Bonchev–Trinajstić information content (AvgIpc) is 3.34. The van der Waals surface area contributed by atoms with Crippen LogP contribution < -0.4 is 4.74 Å². The van der Waals surface area contributed by atoms with Crippen LogP contribution in [0.4, 0.5) is 0 Å². The third kappa shape index (κ3) is 3.47. The van der Waals surface area contributed by atoms with E-state index in [2.05, 4.69) is 25.1 Å². The summed E-state index contributed by atoms with van der Waals surface area (Å²) in [6, 6.07) is 7.60. The number of rotatable bonds is 5. The number of ether oxygens (including phenoxy) is 1. The van der Waals surface area contributed by atoms with Crippen molar-refractivity contribution in [1.29, 1.82) is 0 Å². The Morgan fingerprint density at radius 1 is 1.26 bits per heavy atom. The molecule has 3 aromatic rings. The first-order valence-electron chi connectivity index (χ1n) is 9.13. The van der Waals surface area contributed by atoms with Crippen LogP contribution in [0, 0.1) is 6.92 Å². The summed E-state index contributed by atoms with van der Waals surface area (Å²) in [7, 11) is 1.58. The van der Waals surface area contributed by atoms with Gasteiger partial charge in [0.2, 0.25) is 11.8 Å². The van der Waals surface area contributed by atoms with Gasteiger partial charge in [0.1, 0.15) is 11.5 Å². The van der Waals surface area contributed by atoms with Crippen molar-refractivity contribution in [2.75, 3.05) is 13.7 Å². The molecular weight excluding hydrogens is 344 g/mol. The lowest BCUT2D eigenvalue weighted by Gasteiger charge is -2.22. The Morgan fingerprint density at radius 2 is 2.04 bits per heavy atom. The number of para-hydroxylation sites is 2. The van der Waals surface area contributed by atoms with Crippen LogP contribution in [0.3, 0.4) is 0 Å². The maximum absolute atomic E-state index is 12.8. The summed E-state index contributed by atoms with van der Waals surface area (Å²) in [5, 5.41) is 7.10. The van der Waals surface area contributed by atoms with Crippen LogP contribution >= 0.6 is 0 Å². The van der Waals surface area contributed by atoms with Gasteiger partial charge in [-0.05, 0) is 31.9 Å². The first-order valence-corrected chi connectivity index (χ1v) is 9.13. The number of nitrogens with one attached hydrogen (secondary N) is 1. The number of nitrogens with zero attached hydrogens (tertiary/aromatic N) is 5. The summed E-state index contributed by atoms with van der Waals surface area (Å²) in [6.07, 6.45) is 2.69. The number of aromatic nitrogens is 5. The van der Waals surface area contributed by atoms with Gasteiger partial charge in [-0.15, -0.1) is 0 Å². The molecule has 0 bridgehead atoms. The first-order chi connectivity index (χ1) is 13.2. The number of hydrogen-bond acceptors (Lipinski definition) is 6. The van der Waals surface area contributed by atoms with Gasteiger partial charge in [-0.3, -0.25) is 9.89 Å². The predicted molar refractivity (Wildman–Crippen MR) is 99.2 cm³/mol. The molecule has 3 heterocycles. The van der Waals surface area contributed by atoms with Gasteiger partial charge in [0.25, 0.3) is 0 Å². The molecule has 2 aromatic heterocycles. The number of amides is 1. The molecule has 1 aromatic carbocycles. The number of hydrogen-bond donors (Lipinski definition) is 1. The molecule has 1 N–H and O–H groups in total. The van der Waals surface area contributed by atoms with Gasteiger partial charge < -0.3 is 9.64 Å². The van der Waals surface area contributed by atoms with Crippen LogP contribution in [0.2, 0.25) is 0 Å². The van der Waals surface area contributed by atoms with Crippen molar-refractivity contribution in [3.8, 4) is 5.88 Å². The molecule has 0 radical (unpaired) electrons. The Labute approximate surface area is 157 Å². The summed E-state index contributed by atoms with van der Waals surface area (Å²) in [6.45, 7) is 2.60. The highest BCUT2D eigenvalue weighted by Crippen LogP contribution is 2.30. The summed E-state index contributed by atoms with van der Waals surface area (Å²) in [5.74, 6) is 2.02. The average molecular weight is 366 g/mol. The Hall–Kier alpha value is -3.03. The summed E-state index contributed by atoms with van der Waals surface area (Å²) >= 11 is 0. The highest BCUT2D eigenvalue weighted by molar-refractivity contribution is 5.78. The van der Waals surface area contributed by atoms with E-state index in [1.54, 1.807) is 7.11 Å². The van der Waals surface area contributed by atoms with Gasteiger partial charge in [-0.1, -0.05) is 12.1 Å². The minimum absolute atomic E-state index is 0.0490. The Bertz CT molecular complexity index is 970. The van der Waals surface area contributed by atoms with E-state index in [1.807, 2.05) is 36.1 Å². The number of aromatic amines is 1. The molecule has 1 saturated heterocycles. The monoisotopic (exact) mass is 366 g/mol. The van der Waals surface area contributed by atoms with Crippen molar-refractivity contribution < 1.29 is 9.53 Å². The molecule has 27 heavy (non-hydrogen) atoms. The molecule has 1 aliphatic heterocycles. The van der Waals surface area contributed by atoms with Crippen molar-refractivity contribution in [2.24, 2.45) is 0 Å². The number of aryl methyl sites for hydroxylation is 2. The van der Waals surface area contributed by atoms with Crippen molar-refractivity contribution in [2.45, 2.75) is 38.6 Å². The highest BCUT2D eigenvalue weighted by atomic mass is 16.5. The summed E-state index contributed by atoms with van der Waals surface area (Å²) < 4.78 is 5.38. The molecule has 140 valence electrons. The molecule has 1 fully saturated rings. The second-order valence-corrected chi connectivity index (χ2v) is 6.69. The fraction of sp³-hybridized carbons (Fsp3) is 0.421. The summed E-state index contributed by atoms with van der Waals surface area (Å²) in [5.41, 5.74) is 2.29. The predicted octanol–water partition coefficient (Wildman–Crippen LogP) is 2.36. The molecule has 0 aliphatic carbocycles. The minimum atomic E-state index is -0.0490. The maximum Gasteiger partial charge on any atom is 0.235 e. The minimum Gasteiger partial charge on any atom is -0.480 e. The lowest BCUT2D eigenvalue weighted by atomic mass is 10.1. The topological polar surface area (TPSA) is 96.9 Å². The van der Waals surface area contributed by atoms with E-state index in [1.165, 1.54) is 0 Å². The lowest BCUT2D eigenvalue weighted by molar-refractivity contribution is -0.132. The van der Waals surface area contributed by atoms with Crippen molar-refractivity contribution >= 4 is 16.9 Å². The molecule has 1 aliphatic rings. The zero-order chi connectivity index (χ0) is 18.8. The van der Waals surface area contributed by atoms with Crippen molar-refractivity contribution in [1.82, 2.24) is 30.0 Å². The SMILES string of the molecule is COc1nc2ccccc2nc1CCC(=O)N1CCCC1c1n[nH]c(C)n1. The molecule has 0 saturated carbocycles. The van der Waals surface area contributed by atoms with Gasteiger partial charge in [0.05, 0.1) is 24.2 Å². The molecule has 0 spiro atoms. The Balaban J connectivity index is 1.49. The molecule has 8 heteroatoms. The van der Waals surface area contributed by atoms with Gasteiger partial charge in [-0.2, -0.15) is 5.10 Å². The van der Waals surface area contributed by atoms with Gasteiger partial charge >= 0.3 is 0 Å². The van der Waals surface area contributed by atoms with Crippen LogP contribution in [0.5, 0.6) is 5.88 Å². The normalized spacial score (nSPS) is 16.8. The number of fused-ring (bicyclic) bond motifs is 1. The second kappa shape index (κ2) is 7.30. The van der Waals surface area contributed by atoms with Gasteiger partial charge in [-0.25, -0.2) is 15.0 Å². The number of carbonyl (C=O) groups excluding carboxylic acids is 1. The molecule has 1 amide bonds. The fourth-order valence-electron chi connectivity index (χ4n) is 3.56.